The number of para-hydroxylation sites is 4. The van der Waals surface area contributed by atoms with Crippen LogP contribution in [0.4, 0.5) is 17.1 Å². The Hall–Kier alpha value is -5.64. The lowest BCUT2D eigenvalue weighted by atomic mass is 10.0. The van der Waals surface area contributed by atoms with E-state index in [2.05, 4.69) is 179 Å². The summed E-state index contributed by atoms with van der Waals surface area (Å²) in [7, 11) is 0. The van der Waals surface area contributed by atoms with E-state index in [0.29, 0.717) is 0 Å². The van der Waals surface area contributed by atoms with Crippen LogP contribution in [0.25, 0.3) is 58.8 Å². The Morgan fingerprint density at radius 2 is 1.07 bits per heavy atom. The van der Waals surface area contributed by atoms with Crippen LogP contribution in [0.5, 0.6) is 0 Å². The van der Waals surface area contributed by atoms with E-state index >= 15 is 0 Å². The van der Waals surface area contributed by atoms with Gasteiger partial charge >= 0.3 is 0 Å². The number of fused-ring (bicyclic) bond motifs is 6. The first-order chi connectivity index (χ1) is 22.3. The molecule has 9 rings (SSSR count). The summed E-state index contributed by atoms with van der Waals surface area (Å²) < 4.78 is 5.00. The predicted octanol–water partition coefficient (Wildman–Crippen LogP) is 12.3. The molecule has 2 heterocycles. The Labute approximate surface area is 265 Å². The largest absolute Gasteiger partial charge is 0.310 e. The number of rotatable bonds is 5. The molecule has 0 saturated carbocycles. The molecule has 0 spiro atoms. The van der Waals surface area contributed by atoms with Crippen molar-refractivity contribution in [3.63, 3.8) is 0 Å². The molecule has 212 valence electrons. The van der Waals surface area contributed by atoms with Gasteiger partial charge in [0.1, 0.15) is 0 Å². The first-order valence-corrected chi connectivity index (χ1v) is 16.1. The quantitative estimate of drug-likeness (QED) is 0.193. The van der Waals surface area contributed by atoms with Gasteiger partial charge in [0.2, 0.25) is 0 Å². The summed E-state index contributed by atoms with van der Waals surface area (Å²) in [5, 5.41) is 5.16. The Morgan fingerprint density at radius 3 is 1.87 bits per heavy atom. The van der Waals surface area contributed by atoms with Crippen LogP contribution in [-0.4, -0.2) is 4.57 Å². The minimum absolute atomic E-state index is 1.13. The molecule has 9 aromatic rings. The molecule has 0 fully saturated rings. The zero-order chi connectivity index (χ0) is 29.7. The first kappa shape index (κ1) is 25.8. The molecular weight excluding hydrogens is 565 g/mol. The molecule has 0 radical (unpaired) electrons. The molecular formula is C42H28N2S. The van der Waals surface area contributed by atoms with Gasteiger partial charge in [-0.15, -0.1) is 11.3 Å². The van der Waals surface area contributed by atoms with Crippen LogP contribution in [0, 0.1) is 0 Å². The van der Waals surface area contributed by atoms with Crippen molar-refractivity contribution >= 4 is 70.4 Å². The van der Waals surface area contributed by atoms with Crippen LogP contribution in [0.3, 0.4) is 0 Å². The fourth-order valence-corrected chi connectivity index (χ4v) is 7.92. The summed E-state index contributed by atoms with van der Waals surface area (Å²) >= 11 is 1.86. The summed E-state index contributed by atoms with van der Waals surface area (Å²) in [6.45, 7) is 0. The summed E-state index contributed by atoms with van der Waals surface area (Å²) in [5.74, 6) is 0. The second-order valence-electron chi connectivity index (χ2n) is 11.4. The van der Waals surface area contributed by atoms with Crippen molar-refractivity contribution in [1.29, 1.82) is 0 Å². The average Bonchev–Trinajstić information content (AvgIpc) is 3.65. The van der Waals surface area contributed by atoms with E-state index in [4.69, 9.17) is 0 Å². The van der Waals surface area contributed by atoms with E-state index in [0.717, 1.165) is 22.7 Å². The van der Waals surface area contributed by atoms with Crippen molar-refractivity contribution in [2.45, 2.75) is 0 Å². The molecule has 0 aliphatic carbocycles. The van der Waals surface area contributed by atoms with Gasteiger partial charge in [0.25, 0.3) is 0 Å². The van der Waals surface area contributed by atoms with E-state index in [1.165, 1.54) is 53.1 Å². The number of hydrogen-bond acceptors (Lipinski definition) is 2. The standard InChI is InChI=1S/C42H28N2S/c1-2-14-30(15-3-1)43(32-25-26-37-36-20-7-11-24-41(36)45-42(37)28-32)38-21-8-4-17-33(38)29-13-12-16-31(27-29)44-39-22-9-5-18-34(39)35-19-6-10-23-40(35)44/h1-28H. The minimum atomic E-state index is 1.13. The number of thiophene rings is 1. The summed E-state index contributed by atoms with van der Waals surface area (Å²) in [5.41, 5.74) is 9.35. The van der Waals surface area contributed by atoms with Gasteiger partial charge in [-0.3, -0.25) is 0 Å². The predicted molar refractivity (Wildman–Crippen MR) is 194 cm³/mol. The number of nitrogens with zero attached hydrogens (tertiary/aromatic N) is 2. The zero-order valence-electron chi connectivity index (χ0n) is 24.5. The van der Waals surface area contributed by atoms with Gasteiger partial charge in [0, 0.05) is 53.6 Å². The third-order valence-corrected chi connectivity index (χ3v) is 9.91. The molecule has 45 heavy (non-hydrogen) atoms. The van der Waals surface area contributed by atoms with E-state index in [-0.39, 0.29) is 0 Å². The van der Waals surface area contributed by atoms with Gasteiger partial charge in [0.15, 0.2) is 0 Å². The van der Waals surface area contributed by atoms with E-state index in [9.17, 15) is 0 Å². The average molecular weight is 593 g/mol. The van der Waals surface area contributed by atoms with Crippen molar-refractivity contribution < 1.29 is 0 Å². The van der Waals surface area contributed by atoms with Gasteiger partial charge in [-0.2, -0.15) is 0 Å². The number of aromatic nitrogens is 1. The highest BCUT2D eigenvalue weighted by molar-refractivity contribution is 7.25. The maximum Gasteiger partial charge on any atom is 0.0541 e. The third-order valence-electron chi connectivity index (χ3n) is 8.78. The van der Waals surface area contributed by atoms with Crippen molar-refractivity contribution in [3.05, 3.63) is 170 Å². The van der Waals surface area contributed by atoms with Crippen molar-refractivity contribution in [2.75, 3.05) is 4.90 Å². The highest BCUT2D eigenvalue weighted by Gasteiger charge is 2.19. The molecule has 7 aromatic carbocycles. The second-order valence-corrected chi connectivity index (χ2v) is 12.5. The van der Waals surface area contributed by atoms with Gasteiger partial charge in [-0.25, -0.2) is 0 Å². The van der Waals surface area contributed by atoms with Crippen LogP contribution < -0.4 is 4.90 Å². The molecule has 0 aliphatic rings. The molecule has 0 amide bonds. The lowest BCUT2D eigenvalue weighted by molar-refractivity contribution is 1.18. The maximum absolute atomic E-state index is 2.40. The monoisotopic (exact) mass is 592 g/mol. The fraction of sp³-hybridized carbons (Fsp3) is 0. The minimum Gasteiger partial charge on any atom is -0.310 e. The van der Waals surface area contributed by atoms with Crippen LogP contribution in [0.1, 0.15) is 0 Å². The van der Waals surface area contributed by atoms with Crippen molar-refractivity contribution in [2.24, 2.45) is 0 Å². The molecule has 0 N–H and O–H groups in total. The van der Waals surface area contributed by atoms with Crippen LogP contribution in [-0.2, 0) is 0 Å². The SMILES string of the molecule is c1ccc(N(c2ccc3c(c2)sc2ccccc23)c2ccccc2-c2cccc(-n3c4ccccc4c4ccccc43)c2)cc1. The topological polar surface area (TPSA) is 8.17 Å². The van der Waals surface area contributed by atoms with E-state index in [1.807, 2.05) is 11.3 Å². The summed E-state index contributed by atoms with van der Waals surface area (Å²) in [4.78, 5) is 2.40. The number of hydrogen-bond donors (Lipinski definition) is 0. The van der Waals surface area contributed by atoms with Crippen LogP contribution >= 0.6 is 11.3 Å². The van der Waals surface area contributed by atoms with Crippen LogP contribution in [0.15, 0.2) is 170 Å². The highest BCUT2D eigenvalue weighted by atomic mass is 32.1. The van der Waals surface area contributed by atoms with Crippen molar-refractivity contribution in [3.8, 4) is 16.8 Å². The fourth-order valence-electron chi connectivity index (χ4n) is 6.78. The molecule has 2 nitrogen and oxygen atoms in total. The second kappa shape index (κ2) is 10.5. The molecule has 0 saturated heterocycles. The van der Waals surface area contributed by atoms with Gasteiger partial charge in [0.05, 0.1) is 16.7 Å². The third kappa shape index (κ3) is 4.24. The molecule has 0 atom stereocenters. The molecule has 2 aromatic heterocycles. The van der Waals surface area contributed by atoms with E-state index < -0.39 is 0 Å². The highest BCUT2D eigenvalue weighted by Crippen LogP contribution is 2.44. The molecule has 0 aliphatic heterocycles. The number of anilines is 3. The van der Waals surface area contributed by atoms with Gasteiger partial charge in [-0.1, -0.05) is 109 Å². The van der Waals surface area contributed by atoms with Gasteiger partial charge < -0.3 is 9.47 Å². The molecule has 0 bridgehead atoms. The lowest BCUT2D eigenvalue weighted by Crippen LogP contribution is -2.11. The zero-order valence-corrected chi connectivity index (χ0v) is 25.3. The molecule has 0 unspecified atom stereocenters. The number of benzene rings is 7. The Balaban J connectivity index is 1.24. The smallest absolute Gasteiger partial charge is 0.0541 e. The van der Waals surface area contributed by atoms with Gasteiger partial charge in [-0.05, 0) is 66.2 Å². The van der Waals surface area contributed by atoms with Crippen LogP contribution in [0.2, 0.25) is 0 Å². The Bertz CT molecular complexity index is 2450. The van der Waals surface area contributed by atoms with E-state index in [1.54, 1.807) is 0 Å². The lowest BCUT2D eigenvalue weighted by Gasteiger charge is -2.28. The summed E-state index contributed by atoms with van der Waals surface area (Å²) in [6, 6.07) is 61.4. The molecule has 3 heteroatoms. The van der Waals surface area contributed by atoms with Crippen molar-refractivity contribution in [1.82, 2.24) is 4.57 Å². The maximum atomic E-state index is 2.40. The Kier molecular flexibility index (Phi) is 6.03. The normalized spacial score (nSPS) is 11.6. The Morgan fingerprint density at radius 1 is 0.422 bits per heavy atom. The summed E-state index contributed by atoms with van der Waals surface area (Å²) in [6.07, 6.45) is 0. The first-order valence-electron chi connectivity index (χ1n) is 15.3.